The second kappa shape index (κ2) is 8.57. The molecule has 2 atom stereocenters. The summed E-state index contributed by atoms with van der Waals surface area (Å²) in [4.78, 5) is 29.4. The number of imide groups is 1. The summed E-state index contributed by atoms with van der Waals surface area (Å²) in [7, 11) is 1.78. The van der Waals surface area contributed by atoms with Crippen LogP contribution in [0.1, 0.15) is 74.8 Å². The van der Waals surface area contributed by atoms with Crippen molar-refractivity contribution >= 4 is 11.8 Å². The van der Waals surface area contributed by atoms with Gasteiger partial charge in [0.2, 0.25) is 11.8 Å². The van der Waals surface area contributed by atoms with Crippen molar-refractivity contribution in [3.05, 3.63) is 29.3 Å². The van der Waals surface area contributed by atoms with Gasteiger partial charge in [0.05, 0.1) is 7.11 Å². The average molecular weight is 425 g/mol. The summed E-state index contributed by atoms with van der Waals surface area (Å²) in [5.41, 5.74) is 2.94. The van der Waals surface area contributed by atoms with Crippen LogP contribution in [0.25, 0.3) is 0 Å². The van der Waals surface area contributed by atoms with Gasteiger partial charge in [-0.05, 0) is 80.5 Å². The maximum absolute atomic E-state index is 12.6. The van der Waals surface area contributed by atoms with Crippen molar-refractivity contribution < 1.29 is 14.3 Å². The molecule has 5 rings (SSSR count). The van der Waals surface area contributed by atoms with E-state index in [0.717, 1.165) is 57.5 Å². The molecule has 4 aliphatic rings. The summed E-state index contributed by atoms with van der Waals surface area (Å²) >= 11 is 0. The quantitative estimate of drug-likeness (QED) is 0.509. The van der Waals surface area contributed by atoms with Crippen molar-refractivity contribution in [3.8, 4) is 5.75 Å². The molecule has 2 aliphatic carbocycles. The number of nitrogens with zero attached hydrogens (tertiary/aromatic N) is 2. The van der Waals surface area contributed by atoms with Gasteiger partial charge in [0.1, 0.15) is 5.75 Å². The number of rotatable bonds is 6. The van der Waals surface area contributed by atoms with Crippen LogP contribution in [-0.4, -0.2) is 54.9 Å². The van der Waals surface area contributed by atoms with E-state index in [0.29, 0.717) is 31.2 Å². The number of likely N-dealkylation sites (tertiary alicyclic amines) is 2. The molecule has 3 fully saturated rings. The average Bonchev–Trinajstić information content (AvgIpc) is 3.36. The van der Waals surface area contributed by atoms with Crippen molar-refractivity contribution in [2.24, 2.45) is 11.3 Å². The Labute approximate surface area is 186 Å². The first kappa shape index (κ1) is 21.0. The van der Waals surface area contributed by atoms with Gasteiger partial charge in [0.25, 0.3) is 0 Å². The van der Waals surface area contributed by atoms with Gasteiger partial charge in [-0.15, -0.1) is 0 Å². The Morgan fingerprint density at radius 3 is 2.55 bits per heavy atom. The molecular weight excluding hydrogens is 388 g/mol. The Bertz CT molecular complexity index is 825. The van der Waals surface area contributed by atoms with Crippen molar-refractivity contribution in [2.75, 3.05) is 33.3 Å². The first-order valence-electron chi connectivity index (χ1n) is 12.3. The van der Waals surface area contributed by atoms with Crippen molar-refractivity contribution in [2.45, 2.75) is 70.1 Å². The highest BCUT2D eigenvalue weighted by Gasteiger charge is 2.44. The monoisotopic (exact) mass is 424 g/mol. The summed E-state index contributed by atoms with van der Waals surface area (Å²) in [6.45, 7) is 3.95. The van der Waals surface area contributed by atoms with Gasteiger partial charge in [-0.25, -0.2) is 0 Å². The van der Waals surface area contributed by atoms with Gasteiger partial charge in [-0.2, -0.15) is 0 Å². The molecule has 31 heavy (non-hydrogen) atoms. The lowest BCUT2D eigenvalue weighted by atomic mass is 9.76. The number of hydrogen-bond donors (Lipinski definition) is 0. The number of fused-ring (bicyclic) bond motifs is 3. The zero-order valence-corrected chi connectivity index (χ0v) is 18.9. The Hall–Kier alpha value is -1.88. The highest BCUT2D eigenvalue weighted by molar-refractivity contribution is 5.98. The summed E-state index contributed by atoms with van der Waals surface area (Å²) in [6.07, 6.45) is 9.99. The minimum atomic E-state index is 0.0105. The van der Waals surface area contributed by atoms with Crippen LogP contribution in [0.15, 0.2) is 18.2 Å². The van der Waals surface area contributed by atoms with E-state index in [-0.39, 0.29) is 17.2 Å². The van der Waals surface area contributed by atoms with Gasteiger partial charge in [0.15, 0.2) is 0 Å². The van der Waals surface area contributed by atoms with Crippen molar-refractivity contribution in [3.63, 3.8) is 0 Å². The maximum Gasteiger partial charge on any atom is 0.229 e. The molecule has 0 bridgehead atoms. The van der Waals surface area contributed by atoms with Gasteiger partial charge in [-0.3, -0.25) is 14.5 Å². The lowest BCUT2D eigenvalue weighted by molar-refractivity contribution is -0.153. The predicted molar refractivity (Wildman–Crippen MR) is 120 cm³/mol. The van der Waals surface area contributed by atoms with Gasteiger partial charge < -0.3 is 9.64 Å². The Morgan fingerprint density at radius 2 is 1.81 bits per heavy atom. The number of amides is 2. The number of benzene rings is 1. The maximum atomic E-state index is 12.6. The van der Waals surface area contributed by atoms with Gasteiger partial charge in [-0.1, -0.05) is 25.0 Å². The van der Waals surface area contributed by atoms with E-state index in [1.165, 1.54) is 30.4 Å². The van der Waals surface area contributed by atoms with Gasteiger partial charge in [0, 0.05) is 31.5 Å². The molecule has 168 valence electrons. The van der Waals surface area contributed by atoms with E-state index in [1.54, 1.807) is 12.0 Å². The van der Waals surface area contributed by atoms with Gasteiger partial charge >= 0.3 is 0 Å². The van der Waals surface area contributed by atoms with E-state index in [4.69, 9.17) is 4.74 Å². The summed E-state index contributed by atoms with van der Waals surface area (Å²) in [5, 5.41) is 0. The smallest absolute Gasteiger partial charge is 0.229 e. The van der Waals surface area contributed by atoms with Crippen LogP contribution in [0.4, 0.5) is 0 Å². The van der Waals surface area contributed by atoms with E-state index in [1.807, 2.05) is 0 Å². The lowest BCUT2D eigenvalue weighted by Crippen LogP contribution is -2.47. The van der Waals surface area contributed by atoms with Crippen LogP contribution < -0.4 is 4.74 Å². The second-order valence-electron chi connectivity index (χ2n) is 10.4. The molecule has 1 aromatic carbocycles. The van der Waals surface area contributed by atoms with Crippen LogP contribution in [0.2, 0.25) is 0 Å². The summed E-state index contributed by atoms with van der Waals surface area (Å²) < 4.78 is 5.64. The molecule has 2 saturated heterocycles. The minimum absolute atomic E-state index is 0.0105. The number of piperidine rings is 2. The zero-order chi connectivity index (χ0) is 21.4. The number of carbonyl (C=O) groups excluding carboxylic acids is 2. The predicted octanol–water partition coefficient (Wildman–Crippen LogP) is 4.15. The third kappa shape index (κ3) is 4.02. The Kier molecular flexibility index (Phi) is 5.80. The van der Waals surface area contributed by atoms with Crippen LogP contribution in [0.5, 0.6) is 5.75 Å². The molecule has 0 aromatic heterocycles. The molecule has 5 heteroatoms. The fourth-order valence-electron chi connectivity index (χ4n) is 6.91. The van der Waals surface area contributed by atoms with Crippen LogP contribution in [-0.2, 0) is 16.0 Å². The highest BCUT2D eigenvalue weighted by atomic mass is 16.5. The standard InChI is InChI=1S/C26H36N2O3/c1-31-22-8-6-7-19-15-20-18-27(14-9-21(20)25(19)22)12-4-5-13-28-23(29)16-26(17-24(28)30)10-2-3-11-26/h6-8,20-21H,2-5,9-18H2,1H3/t20-,21+/m1/s1. The van der Waals surface area contributed by atoms with E-state index in [9.17, 15) is 9.59 Å². The Morgan fingerprint density at radius 1 is 1.06 bits per heavy atom. The molecule has 2 aliphatic heterocycles. The molecule has 1 saturated carbocycles. The first-order valence-corrected chi connectivity index (χ1v) is 12.3. The molecule has 1 aromatic rings. The molecule has 5 nitrogen and oxygen atoms in total. The fraction of sp³-hybridized carbons (Fsp3) is 0.692. The highest BCUT2D eigenvalue weighted by Crippen LogP contribution is 2.48. The normalized spacial score (nSPS) is 27.6. The van der Waals surface area contributed by atoms with Crippen molar-refractivity contribution in [1.82, 2.24) is 9.80 Å². The summed E-state index contributed by atoms with van der Waals surface area (Å²) in [5.74, 6) is 2.55. The molecule has 0 unspecified atom stereocenters. The minimum Gasteiger partial charge on any atom is -0.496 e. The fourth-order valence-corrected chi connectivity index (χ4v) is 6.91. The van der Waals surface area contributed by atoms with Crippen molar-refractivity contribution in [1.29, 1.82) is 0 Å². The van der Waals surface area contributed by atoms with Crippen LogP contribution >= 0.6 is 0 Å². The second-order valence-corrected chi connectivity index (χ2v) is 10.4. The first-order chi connectivity index (χ1) is 15.1. The molecule has 2 amide bonds. The lowest BCUT2D eigenvalue weighted by Gasteiger charge is -2.37. The van der Waals surface area contributed by atoms with Crippen LogP contribution in [0.3, 0.4) is 0 Å². The number of carbonyl (C=O) groups is 2. The van der Waals surface area contributed by atoms with E-state index in [2.05, 4.69) is 23.1 Å². The zero-order valence-electron chi connectivity index (χ0n) is 18.9. The topological polar surface area (TPSA) is 49.9 Å². The summed E-state index contributed by atoms with van der Waals surface area (Å²) in [6, 6.07) is 6.48. The van der Waals surface area contributed by atoms with E-state index >= 15 is 0 Å². The number of unbranched alkanes of at least 4 members (excludes halogenated alkanes) is 1. The molecular formula is C26H36N2O3. The largest absolute Gasteiger partial charge is 0.496 e. The van der Waals surface area contributed by atoms with E-state index < -0.39 is 0 Å². The SMILES string of the molecule is COc1cccc2c1[C@H]1CCN(CCCCN3C(=O)CC4(CCCC4)CC3=O)C[C@H]1C2. The van der Waals surface area contributed by atoms with Crippen LogP contribution in [0, 0.1) is 11.3 Å². The number of ether oxygens (including phenoxy) is 1. The third-order valence-electron chi connectivity index (χ3n) is 8.47. The molecule has 2 heterocycles. The Balaban J connectivity index is 1.08. The molecule has 1 spiro atoms. The molecule has 0 N–H and O–H groups in total. The number of methoxy groups -OCH3 is 1. The number of hydrogen-bond acceptors (Lipinski definition) is 4. The molecule has 0 radical (unpaired) electrons. The third-order valence-corrected chi connectivity index (χ3v) is 8.47.